The van der Waals surface area contributed by atoms with Gasteiger partial charge in [0.05, 0.1) is 13.2 Å². The van der Waals surface area contributed by atoms with Crippen LogP contribution in [0.3, 0.4) is 0 Å². The lowest BCUT2D eigenvalue weighted by Gasteiger charge is -2.32. The van der Waals surface area contributed by atoms with Crippen LogP contribution in [0, 0.1) is 0 Å². The van der Waals surface area contributed by atoms with Gasteiger partial charge in [-0.1, -0.05) is 0 Å². The van der Waals surface area contributed by atoms with Gasteiger partial charge in [-0.3, -0.25) is 9.79 Å². The minimum atomic E-state index is -0.238. The van der Waals surface area contributed by atoms with Crippen molar-refractivity contribution in [2.24, 2.45) is 4.99 Å². The summed E-state index contributed by atoms with van der Waals surface area (Å²) >= 11 is 0. The lowest BCUT2D eigenvalue weighted by molar-refractivity contribution is -0.143. The highest BCUT2D eigenvalue weighted by molar-refractivity contribution is 5.80. The van der Waals surface area contributed by atoms with Crippen LogP contribution in [0.2, 0.25) is 0 Å². The minimum absolute atomic E-state index is 0.173. The lowest BCUT2D eigenvalue weighted by Crippen LogP contribution is -2.50. The molecule has 1 saturated heterocycles. The van der Waals surface area contributed by atoms with Crippen molar-refractivity contribution in [1.29, 1.82) is 0 Å². The number of likely N-dealkylation sites (tertiary alicyclic amines) is 1. The van der Waals surface area contributed by atoms with Crippen molar-refractivity contribution in [3.8, 4) is 0 Å². The summed E-state index contributed by atoms with van der Waals surface area (Å²) in [5.41, 5.74) is 0. The van der Waals surface area contributed by atoms with Gasteiger partial charge in [-0.25, -0.2) is 4.79 Å². The molecule has 1 rings (SSSR count). The molecule has 0 unspecified atom stereocenters. The molecule has 1 aliphatic heterocycles. The van der Waals surface area contributed by atoms with Gasteiger partial charge in [0, 0.05) is 39.1 Å². The highest BCUT2D eigenvalue weighted by atomic mass is 16.6. The summed E-state index contributed by atoms with van der Waals surface area (Å²) in [7, 11) is 1.72. The fourth-order valence-electron chi connectivity index (χ4n) is 2.48. The molecule has 0 aromatic rings. The number of hydrogen-bond acceptors (Lipinski definition) is 5. The number of rotatable bonds is 7. The Balaban J connectivity index is 2.22. The Morgan fingerprint density at radius 2 is 1.83 bits per heavy atom. The van der Waals surface area contributed by atoms with Crippen LogP contribution in [0.1, 0.15) is 39.5 Å². The van der Waals surface area contributed by atoms with Crippen molar-refractivity contribution >= 4 is 18.0 Å². The number of guanidine groups is 1. The Kier molecular flexibility index (Phi) is 9.64. The Hall–Kier alpha value is -1.99. The first kappa shape index (κ1) is 20.1. The minimum Gasteiger partial charge on any atom is -0.466 e. The summed E-state index contributed by atoms with van der Waals surface area (Å²) < 4.78 is 9.90. The summed E-state index contributed by atoms with van der Waals surface area (Å²) in [6, 6.07) is 0.270. The van der Waals surface area contributed by atoms with E-state index in [2.05, 4.69) is 15.6 Å². The molecular weight excluding hydrogens is 312 g/mol. The predicted octanol–water partition coefficient (Wildman–Crippen LogP) is 1.12. The number of ether oxygens (including phenoxy) is 2. The number of carbonyl (C=O) groups excluding carboxylic acids is 2. The highest BCUT2D eigenvalue weighted by Crippen LogP contribution is 2.11. The quantitative estimate of drug-likeness (QED) is 0.312. The van der Waals surface area contributed by atoms with Gasteiger partial charge >= 0.3 is 12.1 Å². The zero-order valence-electron chi connectivity index (χ0n) is 15.0. The van der Waals surface area contributed by atoms with E-state index in [1.54, 1.807) is 18.9 Å². The van der Waals surface area contributed by atoms with Crippen molar-refractivity contribution in [2.75, 3.05) is 39.9 Å². The van der Waals surface area contributed by atoms with Gasteiger partial charge in [-0.2, -0.15) is 0 Å². The van der Waals surface area contributed by atoms with Gasteiger partial charge in [-0.15, -0.1) is 0 Å². The molecule has 0 aromatic carbocycles. The average Bonchev–Trinajstić information content (AvgIpc) is 2.58. The fraction of sp³-hybridized carbons (Fsp3) is 0.812. The van der Waals surface area contributed by atoms with E-state index < -0.39 is 0 Å². The molecule has 1 heterocycles. The Morgan fingerprint density at radius 1 is 1.17 bits per heavy atom. The van der Waals surface area contributed by atoms with Crippen LogP contribution >= 0.6 is 0 Å². The second-order valence-electron chi connectivity index (χ2n) is 5.51. The van der Waals surface area contributed by atoms with E-state index in [0.29, 0.717) is 51.6 Å². The number of amides is 1. The third-order valence-electron chi connectivity index (χ3n) is 3.74. The van der Waals surface area contributed by atoms with Gasteiger partial charge in [0.25, 0.3) is 0 Å². The summed E-state index contributed by atoms with van der Waals surface area (Å²) in [5, 5.41) is 6.55. The SMILES string of the molecule is CCOC(=O)CCCNC(=NC)NC1CCN(C(=O)OCC)CC1. The molecule has 1 amide bonds. The molecule has 24 heavy (non-hydrogen) atoms. The normalized spacial score (nSPS) is 15.8. The molecule has 0 spiro atoms. The first-order valence-corrected chi connectivity index (χ1v) is 8.65. The Morgan fingerprint density at radius 3 is 2.42 bits per heavy atom. The maximum absolute atomic E-state index is 11.7. The van der Waals surface area contributed by atoms with Gasteiger partial charge in [0.2, 0.25) is 0 Å². The lowest BCUT2D eigenvalue weighted by atomic mass is 10.1. The molecule has 8 heteroatoms. The van der Waals surface area contributed by atoms with E-state index in [4.69, 9.17) is 9.47 Å². The summed E-state index contributed by atoms with van der Waals surface area (Å²) in [4.78, 5) is 28.9. The van der Waals surface area contributed by atoms with Crippen LogP contribution in [0.25, 0.3) is 0 Å². The molecule has 1 aliphatic rings. The van der Waals surface area contributed by atoms with Gasteiger partial charge in [0.15, 0.2) is 5.96 Å². The molecule has 0 bridgehead atoms. The van der Waals surface area contributed by atoms with Crippen molar-refractivity contribution in [2.45, 2.75) is 45.6 Å². The Bertz CT molecular complexity index is 420. The number of nitrogens with one attached hydrogen (secondary N) is 2. The average molecular weight is 342 g/mol. The fourth-order valence-corrected chi connectivity index (χ4v) is 2.48. The van der Waals surface area contributed by atoms with Crippen LogP contribution in [0.4, 0.5) is 4.79 Å². The standard InChI is InChI=1S/C16H30N4O4/c1-4-23-14(21)7-6-10-18-15(17-3)19-13-8-11-20(12-9-13)16(22)24-5-2/h13H,4-12H2,1-3H3,(H2,17,18,19). The Labute approximate surface area is 144 Å². The number of aliphatic imine (C=N–C) groups is 1. The van der Waals surface area contributed by atoms with E-state index in [0.717, 1.165) is 12.8 Å². The predicted molar refractivity (Wildman–Crippen MR) is 92.0 cm³/mol. The number of hydrogen-bond donors (Lipinski definition) is 2. The first-order chi connectivity index (χ1) is 11.6. The molecule has 1 fully saturated rings. The topological polar surface area (TPSA) is 92.3 Å². The molecule has 0 aliphatic carbocycles. The number of esters is 1. The van der Waals surface area contributed by atoms with E-state index in [1.165, 1.54) is 0 Å². The van der Waals surface area contributed by atoms with Gasteiger partial charge < -0.3 is 25.0 Å². The number of piperidine rings is 1. The number of carbonyl (C=O) groups is 2. The second-order valence-corrected chi connectivity index (χ2v) is 5.51. The zero-order valence-corrected chi connectivity index (χ0v) is 15.0. The third kappa shape index (κ3) is 7.52. The summed E-state index contributed by atoms with van der Waals surface area (Å²) in [6.45, 7) is 6.44. The van der Waals surface area contributed by atoms with E-state index in [-0.39, 0.29) is 18.1 Å². The summed E-state index contributed by atoms with van der Waals surface area (Å²) in [6.07, 6.45) is 2.55. The van der Waals surface area contributed by atoms with E-state index >= 15 is 0 Å². The first-order valence-electron chi connectivity index (χ1n) is 8.65. The molecular formula is C16H30N4O4. The molecule has 0 atom stereocenters. The maximum Gasteiger partial charge on any atom is 0.409 e. The largest absolute Gasteiger partial charge is 0.466 e. The van der Waals surface area contributed by atoms with Crippen LogP contribution in [0.5, 0.6) is 0 Å². The van der Waals surface area contributed by atoms with Crippen molar-refractivity contribution in [3.05, 3.63) is 0 Å². The van der Waals surface area contributed by atoms with Gasteiger partial charge in [-0.05, 0) is 33.1 Å². The summed E-state index contributed by atoms with van der Waals surface area (Å²) in [5.74, 6) is 0.544. The molecule has 0 saturated carbocycles. The molecule has 8 nitrogen and oxygen atoms in total. The molecule has 2 N–H and O–H groups in total. The van der Waals surface area contributed by atoms with Crippen molar-refractivity contribution in [3.63, 3.8) is 0 Å². The van der Waals surface area contributed by atoms with E-state index in [9.17, 15) is 9.59 Å². The van der Waals surface area contributed by atoms with Crippen LogP contribution in [-0.2, 0) is 14.3 Å². The molecule has 0 radical (unpaired) electrons. The second kappa shape index (κ2) is 11.5. The van der Waals surface area contributed by atoms with E-state index in [1.807, 2.05) is 6.92 Å². The smallest absolute Gasteiger partial charge is 0.409 e. The monoisotopic (exact) mass is 342 g/mol. The van der Waals surface area contributed by atoms with Crippen LogP contribution in [-0.4, -0.2) is 68.9 Å². The van der Waals surface area contributed by atoms with Crippen molar-refractivity contribution in [1.82, 2.24) is 15.5 Å². The zero-order chi connectivity index (χ0) is 17.8. The molecule has 0 aromatic heterocycles. The molecule has 138 valence electrons. The number of nitrogens with zero attached hydrogens (tertiary/aromatic N) is 2. The van der Waals surface area contributed by atoms with Gasteiger partial charge in [0.1, 0.15) is 0 Å². The highest BCUT2D eigenvalue weighted by Gasteiger charge is 2.23. The van der Waals surface area contributed by atoms with Crippen molar-refractivity contribution < 1.29 is 19.1 Å². The third-order valence-corrected chi connectivity index (χ3v) is 3.74. The van der Waals surface area contributed by atoms with Crippen LogP contribution < -0.4 is 10.6 Å². The van der Waals surface area contributed by atoms with Crippen LogP contribution in [0.15, 0.2) is 4.99 Å². The maximum atomic E-state index is 11.7.